The molecule has 1 aromatic carbocycles. The van der Waals surface area contributed by atoms with Crippen LogP contribution in [0.4, 0.5) is 0 Å². The van der Waals surface area contributed by atoms with Crippen molar-refractivity contribution in [3.63, 3.8) is 0 Å². The Bertz CT molecular complexity index is 599. The van der Waals surface area contributed by atoms with Crippen molar-refractivity contribution in [2.75, 3.05) is 7.05 Å². The first kappa shape index (κ1) is 17.0. The van der Waals surface area contributed by atoms with Crippen molar-refractivity contribution in [3.8, 4) is 0 Å². The van der Waals surface area contributed by atoms with Gasteiger partial charge in [-0.2, -0.15) is 0 Å². The highest BCUT2D eigenvalue weighted by atomic mass is 16.6. The topological polar surface area (TPSA) is 49.8 Å². The lowest BCUT2D eigenvalue weighted by molar-refractivity contribution is -0.182. The molecule has 3 aliphatic rings. The summed E-state index contributed by atoms with van der Waals surface area (Å²) in [7, 11) is 2.18. The Balaban J connectivity index is 1.54. The highest BCUT2D eigenvalue weighted by Gasteiger charge is 2.49. The predicted molar refractivity (Wildman–Crippen MR) is 96.0 cm³/mol. The zero-order valence-electron chi connectivity index (χ0n) is 15.1. The summed E-state index contributed by atoms with van der Waals surface area (Å²) >= 11 is 0. The molecular weight excluding hydrogens is 314 g/mol. The number of nitrogens with zero attached hydrogens (tertiary/aromatic N) is 1. The molecule has 0 amide bonds. The Morgan fingerprint density at radius 1 is 1.08 bits per heavy atom. The molecule has 0 spiro atoms. The van der Waals surface area contributed by atoms with E-state index in [1.807, 2.05) is 30.3 Å². The van der Waals surface area contributed by atoms with Crippen LogP contribution in [-0.2, 0) is 15.1 Å². The van der Waals surface area contributed by atoms with Crippen LogP contribution < -0.4 is 0 Å². The third-order valence-corrected chi connectivity index (χ3v) is 6.80. The summed E-state index contributed by atoms with van der Waals surface area (Å²) < 4.78 is 5.94. The molecule has 2 heterocycles. The van der Waals surface area contributed by atoms with Gasteiger partial charge in [0.15, 0.2) is 5.60 Å². The standard InChI is InChI=1S/C21H29NO3/c1-22-17-11-12-18(22)14-19(13-17)25-20(23)21(24,16-9-5-6-10-16)15-7-3-2-4-8-15/h2-4,7-8,16-19,24H,5-6,9-14H2,1H3. The first-order chi connectivity index (χ1) is 12.1. The van der Waals surface area contributed by atoms with Gasteiger partial charge < -0.3 is 14.7 Å². The molecule has 2 bridgehead atoms. The third-order valence-electron chi connectivity index (χ3n) is 6.80. The van der Waals surface area contributed by atoms with Gasteiger partial charge in [0.1, 0.15) is 6.10 Å². The van der Waals surface area contributed by atoms with E-state index in [1.54, 1.807) is 0 Å². The summed E-state index contributed by atoms with van der Waals surface area (Å²) in [4.78, 5) is 15.6. The predicted octanol–water partition coefficient (Wildman–Crippen LogP) is 3.23. The van der Waals surface area contributed by atoms with E-state index >= 15 is 0 Å². The molecule has 4 rings (SSSR count). The van der Waals surface area contributed by atoms with Crippen molar-refractivity contribution in [2.45, 2.75) is 75.2 Å². The van der Waals surface area contributed by atoms with Gasteiger partial charge in [-0.1, -0.05) is 43.2 Å². The molecule has 1 saturated carbocycles. The molecule has 3 fully saturated rings. The molecule has 1 N–H and O–H groups in total. The van der Waals surface area contributed by atoms with E-state index in [4.69, 9.17) is 4.74 Å². The van der Waals surface area contributed by atoms with Crippen molar-refractivity contribution in [3.05, 3.63) is 35.9 Å². The van der Waals surface area contributed by atoms with Crippen LogP contribution in [0, 0.1) is 5.92 Å². The van der Waals surface area contributed by atoms with Gasteiger partial charge in [0.2, 0.25) is 0 Å². The first-order valence-electron chi connectivity index (χ1n) is 9.80. The van der Waals surface area contributed by atoms with Gasteiger partial charge in [0.05, 0.1) is 0 Å². The Hall–Kier alpha value is -1.39. The normalized spacial score (nSPS) is 32.5. The Labute approximate surface area is 150 Å². The van der Waals surface area contributed by atoms with Crippen LogP contribution in [-0.4, -0.2) is 41.2 Å². The van der Waals surface area contributed by atoms with E-state index in [9.17, 15) is 9.90 Å². The maximum atomic E-state index is 13.2. The lowest BCUT2D eigenvalue weighted by atomic mass is 9.80. The lowest BCUT2D eigenvalue weighted by Crippen LogP contribution is -2.48. The number of fused-ring (bicyclic) bond motifs is 2. The summed E-state index contributed by atoms with van der Waals surface area (Å²) in [5.74, 6) is -0.468. The number of benzene rings is 1. The van der Waals surface area contributed by atoms with Crippen LogP contribution >= 0.6 is 0 Å². The van der Waals surface area contributed by atoms with Gasteiger partial charge in [0, 0.05) is 18.0 Å². The highest BCUT2D eigenvalue weighted by molar-refractivity contribution is 5.81. The maximum absolute atomic E-state index is 13.2. The van der Waals surface area contributed by atoms with Crippen LogP contribution in [0.2, 0.25) is 0 Å². The minimum Gasteiger partial charge on any atom is -0.460 e. The molecule has 0 aromatic heterocycles. The SMILES string of the molecule is CN1C2CCC1CC(OC(=O)C(O)(c1ccccc1)C1CCCC1)C2. The number of ether oxygens (including phenoxy) is 1. The van der Waals surface area contributed by atoms with Crippen LogP contribution in [0.1, 0.15) is 56.9 Å². The highest BCUT2D eigenvalue weighted by Crippen LogP contribution is 2.43. The van der Waals surface area contributed by atoms with E-state index in [0.717, 1.165) is 38.5 Å². The fourth-order valence-corrected chi connectivity index (χ4v) is 5.26. The lowest BCUT2D eigenvalue weighted by Gasteiger charge is -2.38. The smallest absolute Gasteiger partial charge is 0.343 e. The van der Waals surface area contributed by atoms with Gasteiger partial charge in [-0.3, -0.25) is 0 Å². The van der Waals surface area contributed by atoms with E-state index in [-0.39, 0.29) is 12.0 Å². The number of aliphatic hydroxyl groups is 1. The van der Waals surface area contributed by atoms with Crippen LogP contribution in [0.3, 0.4) is 0 Å². The number of hydrogen-bond donors (Lipinski definition) is 1. The molecule has 4 heteroatoms. The molecule has 3 unspecified atom stereocenters. The van der Waals surface area contributed by atoms with Gasteiger partial charge in [-0.25, -0.2) is 4.79 Å². The monoisotopic (exact) mass is 343 g/mol. The van der Waals surface area contributed by atoms with Gasteiger partial charge in [0.25, 0.3) is 0 Å². The second kappa shape index (κ2) is 6.73. The van der Waals surface area contributed by atoms with Crippen LogP contribution in [0.5, 0.6) is 0 Å². The van der Waals surface area contributed by atoms with Gasteiger partial charge in [-0.15, -0.1) is 0 Å². The zero-order valence-corrected chi connectivity index (χ0v) is 15.1. The van der Waals surface area contributed by atoms with Crippen LogP contribution in [0.25, 0.3) is 0 Å². The number of carbonyl (C=O) groups excluding carboxylic acids is 1. The second-order valence-corrected chi connectivity index (χ2v) is 8.16. The minimum absolute atomic E-state index is 0.0367. The summed E-state index contributed by atoms with van der Waals surface area (Å²) in [5, 5.41) is 11.5. The Morgan fingerprint density at radius 3 is 2.28 bits per heavy atom. The number of carbonyl (C=O) groups is 1. The average Bonchev–Trinajstić information content (AvgIpc) is 3.22. The molecule has 25 heavy (non-hydrogen) atoms. The van der Waals surface area contributed by atoms with E-state index in [0.29, 0.717) is 17.6 Å². The quantitative estimate of drug-likeness (QED) is 0.853. The van der Waals surface area contributed by atoms with Crippen LogP contribution in [0.15, 0.2) is 30.3 Å². The number of hydrogen-bond acceptors (Lipinski definition) is 4. The molecule has 2 saturated heterocycles. The summed E-state index contributed by atoms with van der Waals surface area (Å²) in [6.07, 6.45) is 8.05. The molecule has 0 radical (unpaired) electrons. The fraction of sp³-hybridized carbons (Fsp3) is 0.667. The first-order valence-corrected chi connectivity index (χ1v) is 9.80. The molecule has 3 atom stereocenters. The van der Waals surface area contributed by atoms with E-state index in [1.165, 1.54) is 12.8 Å². The summed E-state index contributed by atoms with van der Waals surface area (Å²) in [6.45, 7) is 0. The van der Waals surface area contributed by atoms with Gasteiger partial charge in [-0.05, 0) is 51.1 Å². The zero-order chi connectivity index (χ0) is 17.4. The molecule has 2 aliphatic heterocycles. The average molecular weight is 343 g/mol. The van der Waals surface area contributed by atoms with Crippen molar-refractivity contribution in [2.24, 2.45) is 5.92 Å². The van der Waals surface area contributed by atoms with Crippen molar-refractivity contribution in [1.82, 2.24) is 4.90 Å². The van der Waals surface area contributed by atoms with E-state index in [2.05, 4.69) is 11.9 Å². The van der Waals surface area contributed by atoms with Crippen molar-refractivity contribution >= 4 is 5.97 Å². The molecule has 1 aromatic rings. The fourth-order valence-electron chi connectivity index (χ4n) is 5.26. The molecule has 1 aliphatic carbocycles. The van der Waals surface area contributed by atoms with Crippen molar-refractivity contribution < 1.29 is 14.6 Å². The maximum Gasteiger partial charge on any atom is 0.343 e. The summed E-state index contributed by atoms with van der Waals surface area (Å²) in [6, 6.07) is 10.5. The molecule has 136 valence electrons. The second-order valence-electron chi connectivity index (χ2n) is 8.16. The molecular formula is C21H29NO3. The number of rotatable bonds is 4. The minimum atomic E-state index is -1.50. The third kappa shape index (κ3) is 3.00. The Morgan fingerprint density at radius 2 is 1.68 bits per heavy atom. The van der Waals surface area contributed by atoms with Crippen molar-refractivity contribution in [1.29, 1.82) is 0 Å². The number of piperidine rings is 1. The summed E-state index contributed by atoms with van der Waals surface area (Å²) in [5.41, 5.74) is -0.817. The Kier molecular flexibility index (Phi) is 4.59. The largest absolute Gasteiger partial charge is 0.460 e. The number of esters is 1. The van der Waals surface area contributed by atoms with Gasteiger partial charge >= 0.3 is 5.97 Å². The molecule has 4 nitrogen and oxygen atoms in total. The van der Waals surface area contributed by atoms with E-state index < -0.39 is 11.6 Å².